The number of para-hydroxylation sites is 2. The maximum absolute atomic E-state index is 12.8. The molecule has 1 N–H and O–H groups in total. The molecule has 0 bridgehead atoms. The Hall–Kier alpha value is -3.46. The maximum Gasteiger partial charge on any atom is 0.342 e. The first-order valence-corrected chi connectivity index (χ1v) is 9.59. The molecule has 0 radical (unpaired) electrons. The summed E-state index contributed by atoms with van der Waals surface area (Å²) < 4.78 is 7.19. The lowest BCUT2D eigenvalue weighted by Crippen LogP contribution is -2.30. The first-order valence-electron chi connectivity index (χ1n) is 8.78. The summed E-state index contributed by atoms with van der Waals surface area (Å²) >= 11 is 1.46. The van der Waals surface area contributed by atoms with Crippen molar-refractivity contribution in [3.63, 3.8) is 0 Å². The van der Waals surface area contributed by atoms with Crippen molar-refractivity contribution >= 4 is 34.6 Å². The first-order chi connectivity index (χ1) is 13.8. The summed E-state index contributed by atoms with van der Waals surface area (Å²) in [6.07, 6.45) is 2.51. The molecule has 0 spiro atoms. The number of ether oxygens (including phenoxy) is 1. The number of hydrogen-bond donors (Lipinski definition) is 1. The van der Waals surface area contributed by atoms with Crippen LogP contribution in [0.2, 0.25) is 0 Å². The Balaban J connectivity index is 1.78. The van der Waals surface area contributed by atoms with Gasteiger partial charge in [-0.15, -0.1) is 11.3 Å². The Bertz CT molecular complexity index is 1070. The maximum atomic E-state index is 12.8. The van der Waals surface area contributed by atoms with Crippen LogP contribution >= 0.6 is 11.3 Å². The molecule has 3 aromatic rings. The fourth-order valence-electron chi connectivity index (χ4n) is 2.75. The van der Waals surface area contributed by atoms with Crippen molar-refractivity contribution in [2.45, 2.75) is 26.9 Å². The number of nitro groups is 1. The van der Waals surface area contributed by atoms with Gasteiger partial charge < -0.3 is 14.6 Å². The van der Waals surface area contributed by atoms with Crippen LogP contribution in [0.1, 0.15) is 27.7 Å². The molecule has 0 aliphatic heterocycles. The van der Waals surface area contributed by atoms with Gasteiger partial charge in [-0.05, 0) is 44.5 Å². The summed E-state index contributed by atoms with van der Waals surface area (Å²) in [5, 5.41) is 14.3. The smallest absolute Gasteiger partial charge is 0.342 e. The van der Waals surface area contributed by atoms with Crippen LogP contribution in [-0.4, -0.2) is 27.5 Å². The minimum absolute atomic E-state index is 0.0426. The molecule has 2 aromatic heterocycles. The van der Waals surface area contributed by atoms with E-state index in [-0.39, 0.29) is 11.4 Å². The highest BCUT2D eigenvalue weighted by atomic mass is 32.1. The molecule has 0 saturated heterocycles. The number of amides is 1. The third-order valence-electron chi connectivity index (χ3n) is 4.42. The summed E-state index contributed by atoms with van der Waals surface area (Å²) in [6.45, 7) is 5.16. The highest BCUT2D eigenvalue weighted by Gasteiger charge is 2.26. The zero-order valence-corrected chi connectivity index (χ0v) is 16.9. The number of anilines is 1. The van der Waals surface area contributed by atoms with E-state index in [0.29, 0.717) is 10.6 Å². The average molecular weight is 413 g/mol. The van der Waals surface area contributed by atoms with Crippen molar-refractivity contribution in [2.24, 2.45) is 0 Å². The number of thiophene rings is 1. The number of aryl methyl sites for hydroxylation is 1. The standard InChI is InChI=1S/C20H19N3O5S/c1-12-14(3)29-19(22-10-6-7-11-22)17(12)20(25)28-13(2)18(24)21-15-8-4-5-9-16(15)23(26)27/h4-11,13H,1-3H3,(H,21,24). The molecule has 29 heavy (non-hydrogen) atoms. The molecule has 0 fully saturated rings. The fraction of sp³-hybridized carbons (Fsp3) is 0.200. The van der Waals surface area contributed by atoms with Gasteiger partial charge in [0, 0.05) is 23.3 Å². The van der Waals surface area contributed by atoms with Crippen molar-refractivity contribution < 1.29 is 19.2 Å². The second-order valence-electron chi connectivity index (χ2n) is 6.36. The van der Waals surface area contributed by atoms with Crippen molar-refractivity contribution in [3.8, 4) is 5.00 Å². The molecule has 0 saturated carbocycles. The normalized spacial score (nSPS) is 11.7. The molecule has 1 aromatic carbocycles. The largest absolute Gasteiger partial charge is 0.449 e. The van der Waals surface area contributed by atoms with Gasteiger partial charge in [0.15, 0.2) is 6.10 Å². The molecule has 150 valence electrons. The third kappa shape index (κ3) is 4.19. The lowest BCUT2D eigenvalue weighted by molar-refractivity contribution is -0.383. The van der Waals surface area contributed by atoms with Gasteiger partial charge in [-0.25, -0.2) is 4.79 Å². The van der Waals surface area contributed by atoms with Crippen LogP contribution in [0.25, 0.3) is 5.00 Å². The van der Waals surface area contributed by atoms with Crippen LogP contribution in [-0.2, 0) is 9.53 Å². The average Bonchev–Trinajstić information content (AvgIpc) is 3.30. The number of benzene rings is 1. The van der Waals surface area contributed by atoms with E-state index in [2.05, 4.69) is 5.32 Å². The Labute approximate surface area is 170 Å². The topological polar surface area (TPSA) is 103 Å². The molecule has 9 heteroatoms. The van der Waals surface area contributed by atoms with Gasteiger partial charge in [-0.1, -0.05) is 12.1 Å². The molecule has 1 atom stereocenters. The van der Waals surface area contributed by atoms with E-state index in [1.54, 1.807) is 6.07 Å². The molecular formula is C20H19N3O5S. The number of esters is 1. The van der Waals surface area contributed by atoms with Crippen molar-refractivity contribution in [1.29, 1.82) is 0 Å². The van der Waals surface area contributed by atoms with E-state index < -0.39 is 22.9 Å². The van der Waals surface area contributed by atoms with E-state index in [4.69, 9.17) is 4.74 Å². The van der Waals surface area contributed by atoms with Gasteiger partial charge in [0.25, 0.3) is 11.6 Å². The Morgan fingerprint density at radius 1 is 1.17 bits per heavy atom. The van der Waals surface area contributed by atoms with Crippen molar-refractivity contribution in [1.82, 2.24) is 4.57 Å². The Morgan fingerprint density at radius 2 is 1.83 bits per heavy atom. The van der Waals surface area contributed by atoms with Crippen LogP contribution < -0.4 is 5.32 Å². The summed E-state index contributed by atoms with van der Waals surface area (Å²) in [5.74, 6) is -1.28. The zero-order valence-electron chi connectivity index (χ0n) is 16.0. The molecule has 0 aliphatic rings. The summed E-state index contributed by atoms with van der Waals surface area (Å²) in [6, 6.07) is 9.47. The van der Waals surface area contributed by atoms with Crippen LogP contribution in [0.3, 0.4) is 0 Å². The minimum Gasteiger partial charge on any atom is -0.449 e. The number of aromatic nitrogens is 1. The van der Waals surface area contributed by atoms with Gasteiger partial charge in [0.2, 0.25) is 0 Å². The van der Waals surface area contributed by atoms with Gasteiger partial charge >= 0.3 is 5.97 Å². The number of carbonyl (C=O) groups excluding carboxylic acids is 2. The Kier molecular flexibility index (Phi) is 5.79. The highest BCUT2D eigenvalue weighted by molar-refractivity contribution is 7.15. The number of nitrogens with one attached hydrogen (secondary N) is 1. The van der Waals surface area contributed by atoms with Gasteiger partial charge in [0.1, 0.15) is 10.7 Å². The SMILES string of the molecule is Cc1sc(-n2cccc2)c(C(=O)OC(C)C(=O)Nc2ccccc2[N+](=O)[O-])c1C. The fourth-order valence-corrected chi connectivity index (χ4v) is 3.86. The predicted molar refractivity (Wildman–Crippen MR) is 110 cm³/mol. The molecule has 3 rings (SSSR count). The van der Waals surface area contributed by atoms with E-state index in [1.807, 2.05) is 42.9 Å². The number of nitro benzene ring substituents is 1. The second-order valence-corrected chi connectivity index (χ2v) is 7.57. The predicted octanol–water partition coefficient (Wildman–Crippen LogP) is 4.25. The Morgan fingerprint density at radius 3 is 2.48 bits per heavy atom. The van der Waals surface area contributed by atoms with Crippen LogP contribution in [0.4, 0.5) is 11.4 Å². The van der Waals surface area contributed by atoms with Crippen LogP contribution in [0, 0.1) is 24.0 Å². The number of rotatable bonds is 6. The quantitative estimate of drug-likeness (QED) is 0.370. The van der Waals surface area contributed by atoms with Crippen LogP contribution in [0.15, 0.2) is 48.8 Å². The summed E-state index contributed by atoms with van der Waals surface area (Å²) in [4.78, 5) is 36.7. The second kappa shape index (κ2) is 8.27. The van der Waals surface area contributed by atoms with E-state index >= 15 is 0 Å². The number of nitrogens with zero attached hydrogens (tertiary/aromatic N) is 2. The lowest BCUT2D eigenvalue weighted by atomic mass is 10.1. The zero-order chi connectivity index (χ0) is 21.1. The molecule has 2 heterocycles. The molecule has 0 aliphatic carbocycles. The van der Waals surface area contributed by atoms with Gasteiger partial charge in [0.05, 0.1) is 10.5 Å². The van der Waals surface area contributed by atoms with Crippen molar-refractivity contribution in [3.05, 3.63) is 74.9 Å². The third-order valence-corrected chi connectivity index (χ3v) is 5.64. The number of carbonyl (C=O) groups is 2. The minimum atomic E-state index is -1.14. The summed E-state index contributed by atoms with van der Waals surface area (Å²) in [5.41, 5.74) is 0.989. The molecular weight excluding hydrogens is 394 g/mol. The number of hydrogen-bond acceptors (Lipinski definition) is 6. The first kappa shape index (κ1) is 20.3. The van der Waals surface area contributed by atoms with E-state index in [1.165, 1.54) is 36.5 Å². The van der Waals surface area contributed by atoms with E-state index in [0.717, 1.165) is 10.4 Å². The molecule has 1 unspecified atom stereocenters. The van der Waals surface area contributed by atoms with Crippen molar-refractivity contribution in [2.75, 3.05) is 5.32 Å². The molecule has 8 nitrogen and oxygen atoms in total. The monoisotopic (exact) mass is 413 g/mol. The van der Waals surface area contributed by atoms with Gasteiger partial charge in [-0.2, -0.15) is 0 Å². The lowest BCUT2D eigenvalue weighted by Gasteiger charge is -2.14. The highest BCUT2D eigenvalue weighted by Crippen LogP contribution is 2.32. The molecule has 1 amide bonds. The van der Waals surface area contributed by atoms with E-state index in [9.17, 15) is 19.7 Å². The van der Waals surface area contributed by atoms with Crippen LogP contribution in [0.5, 0.6) is 0 Å². The summed E-state index contributed by atoms with van der Waals surface area (Å²) in [7, 11) is 0. The van der Waals surface area contributed by atoms with Gasteiger partial charge in [-0.3, -0.25) is 14.9 Å².